The Balaban J connectivity index is 1.81. The highest BCUT2D eigenvalue weighted by Crippen LogP contribution is 2.48. The molecular weight excluding hydrogens is 326 g/mol. The zero-order chi connectivity index (χ0) is 19.3. The molecule has 1 unspecified atom stereocenters. The summed E-state index contributed by atoms with van der Waals surface area (Å²) in [4.78, 5) is 2.70. The van der Waals surface area contributed by atoms with Crippen molar-refractivity contribution in [2.75, 3.05) is 6.54 Å². The largest absolute Gasteiger partial charge is 0.371 e. The summed E-state index contributed by atoms with van der Waals surface area (Å²) in [5.41, 5.74) is 5.30. The summed E-state index contributed by atoms with van der Waals surface area (Å²) in [5, 5.41) is 0. The molecule has 1 atom stereocenters. The van der Waals surface area contributed by atoms with E-state index in [1.165, 1.54) is 69.9 Å². The van der Waals surface area contributed by atoms with Crippen LogP contribution in [0.1, 0.15) is 91.0 Å². The van der Waals surface area contributed by atoms with E-state index in [2.05, 4.69) is 62.9 Å². The van der Waals surface area contributed by atoms with Crippen LogP contribution in [0.3, 0.4) is 0 Å². The molecule has 0 bridgehead atoms. The minimum absolute atomic E-state index is 0.429. The van der Waals surface area contributed by atoms with Crippen molar-refractivity contribution in [3.05, 3.63) is 47.2 Å². The molecule has 1 aliphatic heterocycles. The van der Waals surface area contributed by atoms with Crippen molar-refractivity contribution in [1.82, 2.24) is 4.90 Å². The Kier molecular flexibility index (Phi) is 7.06. The minimum Gasteiger partial charge on any atom is -0.371 e. The molecule has 1 fully saturated rings. The second kappa shape index (κ2) is 9.30. The molecule has 1 nitrogen and oxygen atoms in total. The van der Waals surface area contributed by atoms with Crippen LogP contribution in [0.25, 0.3) is 0 Å². The van der Waals surface area contributed by atoms with Crippen molar-refractivity contribution in [3.63, 3.8) is 0 Å². The lowest BCUT2D eigenvalue weighted by atomic mass is 9.76. The van der Waals surface area contributed by atoms with E-state index in [4.69, 9.17) is 0 Å². The lowest BCUT2D eigenvalue weighted by Gasteiger charge is -2.30. The molecule has 0 saturated heterocycles. The van der Waals surface area contributed by atoms with Gasteiger partial charge in [-0.2, -0.15) is 0 Å². The zero-order valence-corrected chi connectivity index (χ0v) is 18.3. The maximum absolute atomic E-state index is 2.70. The molecule has 0 aromatic heterocycles. The monoisotopic (exact) mass is 367 g/mol. The molecule has 150 valence electrons. The van der Waals surface area contributed by atoms with E-state index in [0.717, 1.165) is 18.4 Å². The summed E-state index contributed by atoms with van der Waals surface area (Å²) < 4.78 is 0. The first-order valence-electron chi connectivity index (χ1n) is 11.5. The lowest BCUT2D eigenvalue weighted by molar-refractivity contribution is 0.269. The van der Waals surface area contributed by atoms with Gasteiger partial charge in [-0.25, -0.2) is 0 Å². The van der Waals surface area contributed by atoms with Gasteiger partial charge in [0.15, 0.2) is 0 Å². The van der Waals surface area contributed by atoms with Gasteiger partial charge in [-0.15, -0.1) is 0 Å². The summed E-state index contributed by atoms with van der Waals surface area (Å²) in [5.74, 6) is 1.82. The number of allylic oxidation sites excluding steroid dienone is 2. The Morgan fingerprint density at radius 2 is 1.81 bits per heavy atom. The molecule has 3 rings (SSSR count). The van der Waals surface area contributed by atoms with Crippen molar-refractivity contribution in [2.24, 2.45) is 17.3 Å². The van der Waals surface area contributed by atoms with E-state index >= 15 is 0 Å². The molecule has 1 heterocycles. The fourth-order valence-corrected chi connectivity index (χ4v) is 4.93. The molecule has 1 saturated carbocycles. The quantitative estimate of drug-likeness (QED) is 0.407. The van der Waals surface area contributed by atoms with E-state index in [1.54, 1.807) is 5.70 Å². The fourth-order valence-electron chi connectivity index (χ4n) is 4.93. The van der Waals surface area contributed by atoms with Crippen LogP contribution >= 0.6 is 0 Å². The third-order valence-corrected chi connectivity index (χ3v) is 6.89. The SMILES string of the molecule is CCCCCCC(C1=C(C)N(Cc2ccccc2)CCC(C)(C)C1)C1CC1. The molecule has 1 heteroatoms. The van der Waals surface area contributed by atoms with Gasteiger partial charge < -0.3 is 4.90 Å². The van der Waals surface area contributed by atoms with Crippen molar-refractivity contribution < 1.29 is 0 Å². The maximum Gasteiger partial charge on any atom is 0.0426 e. The van der Waals surface area contributed by atoms with Gasteiger partial charge in [-0.1, -0.05) is 76.8 Å². The van der Waals surface area contributed by atoms with Crippen molar-refractivity contribution in [2.45, 2.75) is 92.0 Å². The smallest absolute Gasteiger partial charge is 0.0426 e. The van der Waals surface area contributed by atoms with Gasteiger partial charge in [0, 0.05) is 18.8 Å². The molecule has 1 aromatic carbocycles. The first-order chi connectivity index (χ1) is 13.0. The first-order valence-corrected chi connectivity index (χ1v) is 11.5. The fraction of sp³-hybridized carbons (Fsp3) is 0.692. The van der Waals surface area contributed by atoms with Gasteiger partial charge in [0.05, 0.1) is 0 Å². The Bertz CT molecular complexity index is 608. The number of hydrogen-bond acceptors (Lipinski definition) is 1. The van der Waals surface area contributed by atoms with Crippen molar-refractivity contribution in [3.8, 4) is 0 Å². The topological polar surface area (TPSA) is 3.24 Å². The molecule has 0 radical (unpaired) electrons. The standard InChI is InChI=1S/C26H41N/c1-5-6-7-11-14-24(23-15-16-23)25-19-26(3,4)17-18-27(21(25)2)20-22-12-9-8-10-13-22/h8-10,12-13,23-24H,5-7,11,14-20H2,1-4H3. The van der Waals surface area contributed by atoms with Gasteiger partial charge in [-0.3, -0.25) is 0 Å². The van der Waals surface area contributed by atoms with Crippen LogP contribution in [-0.2, 0) is 6.54 Å². The van der Waals surface area contributed by atoms with Gasteiger partial charge in [0.25, 0.3) is 0 Å². The number of unbranched alkanes of at least 4 members (excludes halogenated alkanes) is 3. The number of rotatable bonds is 9. The molecular formula is C26H41N. The van der Waals surface area contributed by atoms with E-state index in [0.29, 0.717) is 5.41 Å². The molecule has 1 aliphatic carbocycles. The summed E-state index contributed by atoms with van der Waals surface area (Å²) in [6.07, 6.45) is 12.5. The Hall–Kier alpha value is -1.24. The Morgan fingerprint density at radius 3 is 2.48 bits per heavy atom. The maximum atomic E-state index is 2.70. The third kappa shape index (κ3) is 5.87. The molecule has 27 heavy (non-hydrogen) atoms. The summed E-state index contributed by atoms with van der Waals surface area (Å²) in [7, 11) is 0. The van der Waals surface area contributed by atoms with Crippen LogP contribution in [0.4, 0.5) is 0 Å². The Morgan fingerprint density at radius 1 is 1.07 bits per heavy atom. The van der Waals surface area contributed by atoms with E-state index in [9.17, 15) is 0 Å². The highest BCUT2D eigenvalue weighted by Gasteiger charge is 2.37. The van der Waals surface area contributed by atoms with Gasteiger partial charge >= 0.3 is 0 Å². The molecule has 2 aliphatic rings. The minimum atomic E-state index is 0.429. The van der Waals surface area contributed by atoms with Crippen molar-refractivity contribution >= 4 is 0 Å². The molecule has 0 amide bonds. The second-order valence-corrected chi connectivity index (χ2v) is 9.90. The number of nitrogens with zero attached hydrogens (tertiary/aromatic N) is 1. The van der Waals surface area contributed by atoms with Crippen molar-refractivity contribution in [1.29, 1.82) is 0 Å². The van der Waals surface area contributed by atoms with Crippen LogP contribution in [0.5, 0.6) is 0 Å². The highest BCUT2D eigenvalue weighted by molar-refractivity contribution is 5.23. The average Bonchev–Trinajstić information content (AvgIpc) is 3.49. The predicted molar refractivity (Wildman–Crippen MR) is 118 cm³/mol. The van der Waals surface area contributed by atoms with Gasteiger partial charge in [0.1, 0.15) is 0 Å². The summed E-state index contributed by atoms with van der Waals surface area (Å²) in [6, 6.07) is 11.1. The lowest BCUT2D eigenvalue weighted by Crippen LogP contribution is -2.24. The van der Waals surface area contributed by atoms with Gasteiger partial charge in [0.2, 0.25) is 0 Å². The van der Waals surface area contributed by atoms with Crippen LogP contribution < -0.4 is 0 Å². The van der Waals surface area contributed by atoms with Crippen LogP contribution in [0, 0.1) is 17.3 Å². The van der Waals surface area contributed by atoms with Gasteiger partial charge in [-0.05, 0) is 67.4 Å². The van der Waals surface area contributed by atoms with E-state index in [1.807, 2.05) is 5.57 Å². The summed E-state index contributed by atoms with van der Waals surface area (Å²) >= 11 is 0. The predicted octanol–water partition coefficient (Wildman–Crippen LogP) is 7.58. The first kappa shape index (κ1) is 20.5. The molecule has 0 N–H and O–H groups in total. The molecule has 1 aromatic rings. The normalized spacial score (nSPS) is 21.3. The van der Waals surface area contributed by atoms with Crippen LogP contribution in [0.15, 0.2) is 41.6 Å². The number of hydrogen-bond donors (Lipinski definition) is 0. The number of benzene rings is 1. The zero-order valence-electron chi connectivity index (χ0n) is 18.3. The van der Waals surface area contributed by atoms with E-state index in [-0.39, 0.29) is 0 Å². The third-order valence-electron chi connectivity index (χ3n) is 6.89. The second-order valence-electron chi connectivity index (χ2n) is 9.90. The Labute approximate surface area is 168 Å². The van der Waals surface area contributed by atoms with Crippen LogP contribution in [-0.4, -0.2) is 11.4 Å². The van der Waals surface area contributed by atoms with E-state index < -0.39 is 0 Å². The average molecular weight is 368 g/mol. The molecule has 0 spiro atoms. The van der Waals surface area contributed by atoms with Crippen LogP contribution in [0.2, 0.25) is 0 Å². The summed E-state index contributed by atoms with van der Waals surface area (Å²) in [6.45, 7) is 12.0. The highest BCUT2D eigenvalue weighted by atomic mass is 15.1.